The lowest BCUT2D eigenvalue weighted by Gasteiger charge is -1.99. The Morgan fingerprint density at radius 2 is 1.82 bits per heavy atom. The first-order chi connectivity index (χ1) is 7.84. The van der Waals surface area contributed by atoms with Crippen molar-refractivity contribution in [2.45, 2.75) is 27.7 Å². The molecule has 0 heterocycles. The number of allylic oxidation sites excluding steroid dienone is 4. The lowest BCUT2D eigenvalue weighted by atomic mass is 10.1. The summed E-state index contributed by atoms with van der Waals surface area (Å²) in [6, 6.07) is 0. The van der Waals surface area contributed by atoms with E-state index in [2.05, 4.69) is 19.9 Å². The molecule has 1 rings (SSSR count). The molecule has 0 bridgehead atoms. The van der Waals surface area contributed by atoms with Crippen LogP contribution in [0.2, 0.25) is 0 Å². The van der Waals surface area contributed by atoms with Crippen molar-refractivity contribution in [2.24, 2.45) is 17.3 Å². The Balaban J connectivity index is 2.80. The van der Waals surface area contributed by atoms with Gasteiger partial charge in [0.25, 0.3) is 0 Å². The van der Waals surface area contributed by atoms with E-state index in [1.54, 1.807) is 6.92 Å². The monoisotopic (exact) mass is 236 g/mol. The maximum atomic E-state index is 11.5. The molecule has 3 heteroatoms. The van der Waals surface area contributed by atoms with Gasteiger partial charge in [-0.2, -0.15) is 0 Å². The Morgan fingerprint density at radius 1 is 1.24 bits per heavy atom. The highest BCUT2D eigenvalue weighted by Gasteiger charge is 2.61. The fourth-order valence-corrected chi connectivity index (χ4v) is 2.29. The number of aldehydes is 1. The van der Waals surface area contributed by atoms with E-state index in [9.17, 15) is 9.59 Å². The van der Waals surface area contributed by atoms with Crippen LogP contribution in [0, 0.1) is 17.3 Å². The van der Waals surface area contributed by atoms with Crippen LogP contribution in [0.5, 0.6) is 0 Å². The highest BCUT2D eigenvalue weighted by atomic mass is 16.5. The molecule has 0 aromatic rings. The topological polar surface area (TPSA) is 43.4 Å². The quantitative estimate of drug-likeness (QED) is 0.326. The highest BCUT2D eigenvalue weighted by molar-refractivity contribution is 5.78. The van der Waals surface area contributed by atoms with Crippen LogP contribution >= 0.6 is 0 Å². The number of ether oxygens (including phenoxy) is 1. The summed E-state index contributed by atoms with van der Waals surface area (Å²) in [4.78, 5) is 22.1. The number of esters is 1. The van der Waals surface area contributed by atoms with Crippen molar-refractivity contribution in [2.75, 3.05) is 7.11 Å². The normalized spacial score (nSPS) is 27.6. The summed E-state index contributed by atoms with van der Waals surface area (Å²) in [6.07, 6.45) is 4.71. The van der Waals surface area contributed by atoms with E-state index in [4.69, 9.17) is 4.74 Å². The molecule has 0 amide bonds. The Kier molecular flexibility index (Phi) is 3.91. The lowest BCUT2D eigenvalue weighted by Crippen LogP contribution is -2.07. The summed E-state index contributed by atoms with van der Waals surface area (Å²) in [5, 5.41) is 0. The second-order valence-corrected chi connectivity index (χ2v) is 5.26. The minimum absolute atomic E-state index is 0.0444. The second-order valence-electron chi connectivity index (χ2n) is 5.26. The molecule has 0 aromatic heterocycles. The van der Waals surface area contributed by atoms with Crippen LogP contribution in [0.25, 0.3) is 0 Å². The second kappa shape index (κ2) is 4.86. The van der Waals surface area contributed by atoms with E-state index in [-0.39, 0.29) is 23.2 Å². The zero-order chi connectivity index (χ0) is 13.2. The molecule has 2 atom stereocenters. The maximum Gasteiger partial charge on any atom is 0.309 e. The van der Waals surface area contributed by atoms with Crippen LogP contribution in [0.4, 0.5) is 0 Å². The third kappa shape index (κ3) is 2.84. The van der Waals surface area contributed by atoms with Gasteiger partial charge in [-0.05, 0) is 30.8 Å². The van der Waals surface area contributed by atoms with E-state index in [0.29, 0.717) is 5.57 Å². The highest BCUT2D eigenvalue weighted by Crippen LogP contribution is 2.59. The molecule has 0 radical (unpaired) electrons. The van der Waals surface area contributed by atoms with Gasteiger partial charge >= 0.3 is 5.97 Å². The smallest absolute Gasteiger partial charge is 0.309 e. The van der Waals surface area contributed by atoms with Gasteiger partial charge in [-0.3, -0.25) is 9.59 Å². The van der Waals surface area contributed by atoms with Gasteiger partial charge in [0.2, 0.25) is 0 Å². The first-order valence-corrected chi connectivity index (χ1v) is 5.74. The van der Waals surface area contributed by atoms with Crippen LogP contribution in [-0.4, -0.2) is 19.4 Å². The number of carbonyl (C=O) groups excluding carboxylic acids is 2. The predicted octanol–water partition coefficient (Wildman–Crippen LogP) is 2.52. The number of rotatable bonds is 4. The van der Waals surface area contributed by atoms with E-state index < -0.39 is 0 Å². The summed E-state index contributed by atoms with van der Waals surface area (Å²) in [5.74, 6) is -0.0156. The van der Waals surface area contributed by atoms with Gasteiger partial charge in [-0.1, -0.05) is 31.6 Å². The minimum atomic E-state index is -0.153. The third-order valence-electron chi connectivity index (χ3n) is 3.45. The average Bonchev–Trinajstić information content (AvgIpc) is 2.79. The van der Waals surface area contributed by atoms with Crippen LogP contribution in [0.3, 0.4) is 0 Å². The molecule has 0 N–H and O–H groups in total. The van der Waals surface area contributed by atoms with Crippen molar-refractivity contribution in [1.29, 1.82) is 0 Å². The molecule has 1 saturated carbocycles. The van der Waals surface area contributed by atoms with Crippen molar-refractivity contribution in [1.82, 2.24) is 0 Å². The predicted molar refractivity (Wildman–Crippen MR) is 66.4 cm³/mol. The van der Waals surface area contributed by atoms with E-state index in [1.807, 2.05) is 13.0 Å². The molecule has 1 aliphatic rings. The largest absolute Gasteiger partial charge is 0.469 e. The summed E-state index contributed by atoms with van der Waals surface area (Å²) in [7, 11) is 1.42. The Morgan fingerprint density at radius 3 is 2.29 bits per heavy atom. The van der Waals surface area contributed by atoms with Crippen LogP contribution in [0.1, 0.15) is 27.7 Å². The molecule has 1 aliphatic carbocycles. The molecule has 0 unspecified atom stereocenters. The number of hydrogen-bond donors (Lipinski definition) is 0. The van der Waals surface area contributed by atoms with Gasteiger partial charge < -0.3 is 4.74 Å². The lowest BCUT2D eigenvalue weighted by molar-refractivity contribution is -0.143. The fraction of sp³-hybridized carbons (Fsp3) is 0.571. The Hall–Kier alpha value is -1.38. The van der Waals surface area contributed by atoms with Crippen LogP contribution < -0.4 is 0 Å². The van der Waals surface area contributed by atoms with Gasteiger partial charge in [0.05, 0.1) is 13.0 Å². The van der Waals surface area contributed by atoms with Crippen molar-refractivity contribution >= 4 is 12.3 Å². The van der Waals surface area contributed by atoms with E-state index >= 15 is 0 Å². The zero-order valence-corrected chi connectivity index (χ0v) is 11.1. The maximum absolute atomic E-state index is 11.5. The van der Waals surface area contributed by atoms with Crippen molar-refractivity contribution < 1.29 is 14.3 Å². The van der Waals surface area contributed by atoms with Gasteiger partial charge in [0, 0.05) is 0 Å². The molecular formula is C14H20O3. The Labute approximate surface area is 103 Å². The van der Waals surface area contributed by atoms with Crippen molar-refractivity contribution in [3.05, 3.63) is 23.3 Å². The number of methoxy groups -OCH3 is 1. The molecule has 0 spiro atoms. The van der Waals surface area contributed by atoms with Gasteiger partial charge in [0.15, 0.2) is 0 Å². The van der Waals surface area contributed by atoms with Gasteiger partial charge in [-0.15, -0.1) is 0 Å². The molecule has 0 aromatic carbocycles. The first kappa shape index (κ1) is 13.7. The van der Waals surface area contributed by atoms with Crippen molar-refractivity contribution in [3.8, 4) is 0 Å². The zero-order valence-electron chi connectivity index (χ0n) is 11.1. The fourth-order valence-electron chi connectivity index (χ4n) is 2.29. The molecule has 3 nitrogen and oxygen atoms in total. The molecule has 94 valence electrons. The SMILES string of the molecule is COC(=O)[C@@H]1[C@@H](/C=C(C)/C=C(\C)C=O)C1(C)C. The first-order valence-electron chi connectivity index (χ1n) is 5.74. The molecule has 0 aliphatic heterocycles. The van der Waals surface area contributed by atoms with Crippen LogP contribution in [0.15, 0.2) is 23.3 Å². The molecule has 17 heavy (non-hydrogen) atoms. The van der Waals surface area contributed by atoms with E-state index in [1.165, 1.54) is 7.11 Å². The molecular weight excluding hydrogens is 216 g/mol. The van der Waals surface area contributed by atoms with Crippen LogP contribution in [-0.2, 0) is 14.3 Å². The van der Waals surface area contributed by atoms with E-state index in [0.717, 1.165) is 11.9 Å². The molecule has 0 saturated heterocycles. The summed E-state index contributed by atoms with van der Waals surface area (Å²) >= 11 is 0. The van der Waals surface area contributed by atoms with Gasteiger partial charge in [-0.25, -0.2) is 0 Å². The number of carbonyl (C=O) groups is 2. The summed E-state index contributed by atoms with van der Waals surface area (Å²) in [6.45, 7) is 7.81. The minimum Gasteiger partial charge on any atom is -0.469 e. The average molecular weight is 236 g/mol. The van der Waals surface area contributed by atoms with Gasteiger partial charge in [0.1, 0.15) is 6.29 Å². The summed E-state index contributed by atoms with van der Waals surface area (Å²) in [5.41, 5.74) is 1.66. The molecule has 1 fully saturated rings. The van der Waals surface area contributed by atoms with Crippen molar-refractivity contribution in [3.63, 3.8) is 0 Å². The summed E-state index contributed by atoms with van der Waals surface area (Å²) < 4.78 is 4.78. The third-order valence-corrected chi connectivity index (χ3v) is 3.45. The standard InChI is InChI=1S/C14H20O3/c1-9(6-10(2)8-15)7-11-12(13(16)17-5)14(11,3)4/h6-8,11-12H,1-5H3/b9-7+,10-6+/t11-,12+/m1/s1. The Bertz CT molecular complexity index is 388. The number of hydrogen-bond acceptors (Lipinski definition) is 3.